The first-order chi connectivity index (χ1) is 5.38. The number of rotatable bonds is 3. The lowest BCUT2D eigenvalue weighted by atomic mass is 10.2. The Morgan fingerprint density at radius 2 is 2.08 bits per heavy atom. The van der Waals surface area contributed by atoms with Crippen LogP contribution >= 0.6 is 8.69 Å². The Kier molecular flexibility index (Phi) is 5.97. The third kappa shape index (κ3) is 2.93. The molecule has 0 heterocycles. The van der Waals surface area contributed by atoms with Crippen LogP contribution in [0.25, 0.3) is 0 Å². The van der Waals surface area contributed by atoms with Gasteiger partial charge in [-0.3, -0.25) is 0 Å². The van der Waals surface area contributed by atoms with Crippen molar-refractivity contribution in [3.05, 3.63) is 29.8 Å². The van der Waals surface area contributed by atoms with Crippen molar-refractivity contribution >= 4 is 26.0 Å². The normalized spacial score (nSPS) is 9.08. The molecule has 3 nitrogen and oxygen atoms in total. The molecule has 61 valence electrons. The molecule has 0 aromatic heterocycles. The molecule has 1 aromatic carbocycles. The number of hydrogen-bond acceptors (Lipinski definition) is 3. The maximum absolute atomic E-state index is 10.0. The predicted molar refractivity (Wildman–Crippen MR) is 46.4 cm³/mol. The Morgan fingerprint density at radius 3 is 2.67 bits per heavy atom. The minimum atomic E-state index is -0.402. The molecule has 0 spiro atoms. The summed E-state index contributed by atoms with van der Waals surface area (Å²) >= 11 is 0. The van der Waals surface area contributed by atoms with Gasteiger partial charge in [0.15, 0.2) is 0 Å². The summed E-state index contributed by atoms with van der Waals surface area (Å²) in [6, 6.07) is 6.89. The largest absolute Gasteiger partial charge is 0.407 e. The molecule has 5 heteroatoms. The van der Waals surface area contributed by atoms with Gasteiger partial charge in [0, 0.05) is 22.9 Å². The van der Waals surface area contributed by atoms with E-state index in [0.717, 1.165) is 0 Å². The number of aliphatic hydroxyl groups is 1. The van der Waals surface area contributed by atoms with Gasteiger partial charge in [-0.15, -0.1) is 0 Å². The highest BCUT2D eigenvalue weighted by Gasteiger charge is 1.99. The average molecular weight is 197 g/mol. The highest BCUT2D eigenvalue weighted by atomic mass is 31.1. The summed E-state index contributed by atoms with van der Waals surface area (Å²) in [7, 11) is -0.402. The van der Waals surface area contributed by atoms with Crippen LogP contribution < -0.4 is 4.52 Å². The zero-order chi connectivity index (χ0) is 8.10. The predicted octanol–water partition coefficient (Wildman–Crippen LogP) is 1.38. The van der Waals surface area contributed by atoms with Crippen molar-refractivity contribution in [3.63, 3.8) is 0 Å². The fraction of sp³-hybridized carbons (Fsp3) is 0.143. The quantitative estimate of drug-likeness (QED) is 0.588. The van der Waals surface area contributed by atoms with Crippen molar-refractivity contribution < 1.29 is 14.2 Å². The van der Waals surface area contributed by atoms with Crippen molar-refractivity contribution in [1.82, 2.24) is 0 Å². The molecule has 0 amide bonds. The molecular formula is C7H7AlO3P. The van der Waals surface area contributed by atoms with Crippen molar-refractivity contribution in [2.75, 3.05) is 0 Å². The van der Waals surface area contributed by atoms with Crippen LogP contribution in [0.3, 0.4) is 0 Å². The Bertz CT molecular complexity index is 254. The third-order valence-corrected chi connectivity index (χ3v) is 1.55. The van der Waals surface area contributed by atoms with E-state index in [9.17, 15) is 4.57 Å². The van der Waals surface area contributed by atoms with Gasteiger partial charge in [-0.25, -0.2) is 4.57 Å². The first kappa shape index (κ1) is 11.6. The fourth-order valence-corrected chi connectivity index (χ4v) is 1.02. The fourth-order valence-electron chi connectivity index (χ4n) is 0.764. The molecule has 1 N–H and O–H groups in total. The molecule has 0 saturated carbocycles. The standard InChI is InChI=1S/C7H7O3P.Al/c8-5-6-3-1-2-4-7(6)10-11-9;/h1-4,8H,5H2;. The Balaban J connectivity index is 0.00000121. The first-order valence-electron chi connectivity index (χ1n) is 3.07. The van der Waals surface area contributed by atoms with Crippen molar-refractivity contribution in [1.29, 1.82) is 0 Å². The van der Waals surface area contributed by atoms with Crippen molar-refractivity contribution in [3.8, 4) is 5.75 Å². The number of para-hydroxylation sites is 1. The zero-order valence-electron chi connectivity index (χ0n) is 6.30. The van der Waals surface area contributed by atoms with E-state index in [4.69, 9.17) is 5.11 Å². The van der Waals surface area contributed by atoms with Gasteiger partial charge >= 0.3 is 8.69 Å². The highest BCUT2D eigenvalue weighted by molar-refractivity contribution is 7.17. The van der Waals surface area contributed by atoms with Crippen LogP contribution in [0.15, 0.2) is 24.3 Å². The summed E-state index contributed by atoms with van der Waals surface area (Å²) in [5.41, 5.74) is 0.635. The summed E-state index contributed by atoms with van der Waals surface area (Å²) in [5, 5.41) is 8.76. The molecule has 12 heavy (non-hydrogen) atoms. The summed E-state index contributed by atoms with van der Waals surface area (Å²) in [4.78, 5) is 0. The van der Waals surface area contributed by atoms with Gasteiger partial charge in [0.2, 0.25) is 0 Å². The average Bonchev–Trinajstić information content (AvgIpc) is 2.06. The molecule has 0 unspecified atom stereocenters. The molecule has 0 atom stereocenters. The molecular weight excluding hydrogens is 190 g/mol. The molecule has 0 aliphatic carbocycles. The van der Waals surface area contributed by atoms with Gasteiger partial charge in [-0.05, 0) is 6.07 Å². The Hall–Kier alpha value is -0.388. The Labute approximate surface area is 82.8 Å². The summed E-state index contributed by atoms with van der Waals surface area (Å²) in [5.74, 6) is 0.451. The van der Waals surface area contributed by atoms with Gasteiger partial charge < -0.3 is 9.63 Å². The van der Waals surface area contributed by atoms with E-state index in [1.807, 2.05) is 0 Å². The van der Waals surface area contributed by atoms with Crippen molar-refractivity contribution in [2.24, 2.45) is 0 Å². The molecule has 0 aliphatic heterocycles. The zero-order valence-corrected chi connectivity index (χ0v) is 8.35. The van der Waals surface area contributed by atoms with E-state index in [-0.39, 0.29) is 24.0 Å². The smallest absolute Gasteiger partial charge is 0.395 e. The van der Waals surface area contributed by atoms with E-state index in [1.54, 1.807) is 24.3 Å². The van der Waals surface area contributed by atoms with Gasteiger partial charge in [0.25, 0.3) is 0 Å². The van der Waals surface area contributed by atoms with Crippen LogP contribution in [0.4, 0.5) is 0 Å². The second-order valence-corrected chi connectivity index (χ2v) is 2.26. The third-order valence-electron chi connectivity index (χ3n) is 1.28. The van der Waals surface area contributed by atoms with E-state index in [0.29, 0.717) is 11.3 Å². The van der Waals surface area contributed by atoms with Gasteiger partial charge in [0.05, 0.1) is 6.61 Å². The second-order valence-electron chi connectivity index (χ2n) is 1.93. The van der Waals surface area contributed by atoms with Gasteiger partial charge in [-0.2, -0.15) is 0 Å². The highest BCUT2D eigenvalue weighted by Crippen LogP contribution is 2.20. The maximum Gasteiger partial charge on any atom is 0.395 e. The molecule has 3 radical (unpaired) electrons. The SMILES string of the molecule is O=POc1ccccc1CO.[Al]. The molecule has 0 fully saturated rings. The van der Waals surface area contributed by atoms with Crippen LogP contribution in [0.5, 0.6) is 5.75 Å². The minimum Gasteiger partial charge on any atom is -0.407 e. The summed E-state index contributed by atoms with van der Waals surface area (Å²) in [6.07, 6.45) is 0. The lowest BCUT2D eigenvalue weighted by Gasteiger charge is -2.01. The van der Waals surface area contributed by atoms with Crippen LogP contribution in [-0.4, -0.2) is 22.5 Å². The van der Waals surface area contributed by atoms with E-state index in [1.165, 1.54) is 0 Å². The molecule has 0 saturated heterocycles. The summed E-state index contributed by atoms with van der Waals surface area (Å²) < 4.78 is 14.7. The number of hydrogen-bond donors (Lipinski definition) is 1. The van der Waals surface area contributed by atoms with Crippen LogP contribution in [0.2, 0.25) is 0 Å². The monoisotopic (exact) mass is 197 g/mol. The van der Waals surface area contributed by atoms with Crippen LogP contribution in [0.1, 0.15) is 5.56 Å². The van der Waals surface area contributed by atoms with E-state index >= 15 is 0 Å². The first-order valence-corrected chi connectivity index (χ1v) is 3.80. The number of aliphatic hydroxyl groups excluding tert-OH is 1. The minimum absolute atomic E-state index is 0. The van der Waals surface area contributed by atoms with Gasteiger partial charge in [-0.1, -0.05) is 18.2 Å². The second kappa shape index (κ2) is 6.16. The lowest BCUT2D eigenvalue weighted by Crippen LogP contribution is -1.86. The summed E-state index contributed by atoms with van der Waals surface area (Å²) in [6.45, 7) is -0.105. The van der Waals surface area contributed by atoms with E-state index in [2.05, 4.69) is 4.52 Å². The van der Waals surface area contributed by atoms with Crippen LogP contribution in [0, 0.1) is 0 Å². The van der Waals surface area contributed by atoms with Gasteiger partial charge in [0.1, 0.15) is 5.75 Å². The molecule has 0 bridgehead atoms. The van der Waals surface area contributed by atoms with Crippen molar-refractivity contribution in [2.45, 2.75) is 6.61 Å². The number of benzene rings is 1. The molecule has 0 aliphatic rings. The lowest BCUT2D eigenvalue weighted by molar-refractivity contribution is 0.278. The Morgan fingerprint density at radius 1 is 1.42 bits per heavy atom. The van der Waals surface area contributed by atoms with E-state index < -0.39 is 8.69 Å². The van der Waals surface area contributed by atoms with Crippen LogP contribution in [-0.2, 0) is 11.2 Å². The topological polar surface area (TPSA) is 46.5 Å². The molecule has 1 rings (SSSR count). The molecule has 1 aromatic rings. The maximum atomic E-state index is 10.0.